The van der Waals surface area contributed by atoms with Crippen LogP contribution in [-0.2, 0) is 0 Å². The highest BCUT2D eigenvalue weighted by Crippen LogP contribution is 2.24. The quantitative estimate of drug-likeness (QED) is 0.890. The number of rotatable bonds is 5. The van der Waals surface area contributed by atoms with Crippen LogP contribution >= 0.6 is 22.9 Å². The van der Waals surface area contributed by atoms with Crippen molar-refractivity contribution in [2.24, 2.45) is 0 Å². The molecule has 0 spiro atoms. The van der Waals surface area contributed by atoms with Gasteiger partial charge in [0.15, 0.2) is 11.0 Å². The Labute approximate surface area is 115 Å². The largest absolute Gasteiger partial charge is 0.440 e. The van der Waals surface area contributed by atoms with E-state index in [0.29, 0.717) is 0 Å². The van der Waals surface area contributed by atoms with Crippen LogP contribution in [0.4, 0.5) is 0 Å². The van der Waals surface area contributed by atoms with Crippen molar-refractivity contribution in [1.29, 1.82) is 0 Å². The van der Waals surface area contributed by atoms with Crippen LogP contribution in [0.25, 0.3) is 0 Å². The Bertz CT molecular complexity index is 507. The van der Waals surface area contributed by atoms with E-state index in [4.69, 9.17) is 16.0 Å². The molecule has 1 N–H and O–H groups in total. The zero-order valence-electron chi connectivity index (χ0n) is 9.98. The van der Waals surface area contributed by atoms with Crippen molar-refractivity contribution in [2.45, 2.75) is 25.8 Å². The fraction of sp³-hybridized carbons (Fsp3) is 0.308. The SMILES string of the molecule is CCCC(NC(=O)c1ccc(Cl)o1)c1cccs1. The molecular formula is C13H14ClNO2S. The molecule has 0 radical (unpaired) electrons. The molecule has 0 bridgehead atoms. The van der Waals surface area contributed by atoms with Crippen LogP contribution in [0.15, 0.2) is 34.1 Å². The molecule has 96 valence electrons. The number of thiophene rings is 1. The van der Waals surface area contributed by atoms with Gasteiger partial charge in [0.1, 0.15) is 0 Å². The molecule has 0 aliphatic carbocycles. The number of furan rings is 1. The van der Waals surface area contributed by atoms with E-state index in [0.717, 1.165) is 17.7 Å². The van der Waals surface area contributed by atoms with Crippen LogP contribution in [-0.4, -0.2) is 5.91 Å². The van der Waals surface area contributed by atoms with Crippen LogP contribution < -0.4 is 5.32 Å². The monoisotopic (exact) mass is 283 g/mol. The summed E-state index contributed by atoms with van der Waals surface area (Å²) >= 11 is 7.30. The summed E-state index contributed by atoms with van der Waals surface area (Å²) in [6.45, 7) is 2.09. The zero-order valence-corrected chi connectivity index (χ0v) is 11.6. The average Bonchev–Trinajstić information content (AvgIpc) is 2.98. The highest BCUT2D eigenvalue weighted by molar-refractivity contribution is 7.10. The van der Waals surface area contributed by atoms with Gasteiger partial charge < -0.3 is 9.73 Å². The molecular weight excluding hydrogens is 270 g/mol. The van der Waals surface area contributed by atoms with Gasteiger partial charge >= 0.3 is 0 Å². The Balaban J connectivity index is 2.07. The van der Waals surface area contributed by atoms with E-state index in [2.05, 4.69) is 12.2 Å². The van der Waals surface area contributed by atoms with Crippen LogP contribution in [0.1, 0.15) is 41.2 Å². The van der Waals surface area contributed by atoms with Gasteiger partial charge in [-0.1, -0.05) is 19.4 Å². The van der Waals surface area contributed by atoms with E-state index in [1.54, 1.807) is 23.5 Å². The summed E-state index contributed by atoms with van der Waals surface area (Å²) in [7, 11) is 0. The van der Waals surface area contributed by atoms with Gasteiger partial charge in [0, 0.05) is 4.88 Å². The number of halogens is 1. The molecule has 18 heavy (non-hydrogen) atoms. The lowest BCUT2D eigenvalue weighted by Gasteiger charge is -2.15. The molecule has 0 saturated carbocycles. The Hall–Kier alpha value is -1.26. The van der Waals surface area contributed by atoms with Gasteiger partial charge in [-0.15, -0.1) is 11.3 Å². The van der Waals surface area contributed by atoms with Crippen LogP contribution in [0.5, 0.6) is 0 Å². The van der Waals surface area contributed by atoms with Crippen molar-refractivity contribution < 1.29 is 9.21 Å². The number of nitrogens with one attached hydrogen (secondary N) is 1. The van der Waals surface area contributed by atoms with E-state index in [1.807, 2.05) is 17.5 Å². The first-order valence-electron chi connectivity index (χ1n) is 5.80. The Morgan fingerprint density at radius 1 is 1.50 bits per heavy atom. The molecule has 2 rings (SSSR count). The molecule has 1 atom stereocenters. The normalized spacial score (nSPS) is 12.3. The minimum absolute atomic E-state index is 0.0337. The summed E-state index contributed by atoms with van der Waals surface area (Å²) in [6.07, 6.45) is 1.91. The Kier molecular flexibility index (Phi) is 4.44. The molecule has 2 heterocycles. The van der Waals surface area contributed by atoms with Gasteiger partial charge in [0.05, 0.1) is 6.04 Å². The zero-order chi connectivity index (χ0) is 13.0. The van der Waals surface area contributed by atoms with Crippen molar-refractivity contribution >= 4 is 28.8 Å². The standard InChI is InChI=1S/C13H14ClNO2S/c1-2-4-9(11-5-3-8-18-11)15-13(16)10-6-7-12(14)17-10/h3,5-9H,2,4H2,1H3,(H,15,16). The van der Waals surface area contributed by atoms with Gasteiger partial charge in [0.25, 0.3) is 5.91 Å². The van der Waals surface area contributed by atoms with Crippen molar-refractivity contribution in [2.75, 3.05) is 0 Å². The number of amides is 1. The third-order valence-electron chi connectivity index (χ3n) is 2.57. The summed E-state index contributed by atoms with van der Waals surface area (Å²) in [4.78, 5) is 13.1. The van der Waals surface area contributed by atoms with Gasteiger partial charge in [-0.2, -0.15) is 0 Å². The number of carbonyl (C=O) groups is 1. The number of carbonyl (C=O) groups excluding carboxylic acids is 1. The average molecular weight is 284 g/mol. The summed E-state index contributed by atoms with van der Waals surface area (Å²) < 4.78 is 5.10. The molecule has 1 unspecified atom stereocenters. The summed E-state index contributed by atoms with van der Waals surface area (Å²) in [5, 5.41) is 5.20. The third kappa shape index (κ3) is 3.15. The molecule has 2 aromatic heterocycles. The van der Waals surface area contributed by atoms with Gasteiger partial charge in [-0.25, -0.2) is 0 Å². The Morgan fingerprint density at radius 3 is 2.89 bits per heavy atom. The number of hydrogen-bond acceptors (Lipinski definition) is 3. The maximum atomic E-state index is 12.0. The lowest BCUT2D eigenvalue weighted by molar-refractivity contribution is 0.0907. The van der Waals surface area contributed by atoms with E-state index in [-0.39, 0.29) is 22.9 Å². The fourth-order valence-electron chi connectivity index (χ4n) is 1.73. The second-order valence-corrected chi connectivity index (χ2v) is 5.29. The van der Waals surface area contributed by atoms with Crippen LogP contribution in [0, 0.1) is 0 Å². The van der Waals surface area contributed by atoms with Gasteiger partial charge in [0.2, 0.25) is 0 Å². The van der Waals surface area contributed by atoms with E-state index >= 15 is 0 Å². The molecule has 1 amide bonds. The van der Waals surface area contributed by atoms with Crippen molar-refractivity contribution in [3.8, 4) is 0 Å². The molecule has 3 nitrogen and oxygen atoms in total. The van der Waals surface area contributed by atoms with Crippen LogP contribution in [0.3, 0.4) is 0 Å². The molecule has 0 fully saturated rings. The lowest BCUT2D eigenvalue weighted by Crippen LogP contribution is -2.27. The molecule has 0 saturated heterocycles. The fourth-order valence-corrected chi connectivity index (χ4v) is 2.69. The minimum Gasteiger partial charge on any atom is -0.440 e. The van der Waals surface area contributed by atoms with Crippen LogP contribution in [0.2, 0.25) is 5.22 Å². The number of hydrogen-bond donors (Lipinski definition) is 1. The third-order valence-corrected chi connectivity index (χ3v) is 3.76. The summed E-state index contributed by atoms with van der Waals surface area (Å²) in [5.41, 5.74) is 0. The molecule has 0 aliphatic heterocycles. The lowest BCUT2D eigenvalue weighted by atomic mass is 10.1. The van der Waals surface area contributed by atoms with E-state index in [1.165, 1.54) is 0 Å². The summed E-state index contributed by atoms with van der Waals surface area (Å²) in [6, 6.07) is 7.19. The Morgan fingerprint density at radius 2 is 2.33 bits per heavy atom. The van der Waals surface area contributed by atoms with Gasteiger partial charge in [-0.3, -0.25) is 4.79 Å². The maximum absolute atomic E-state index is 12.0. The molecule has 0 aromatic carbocycles. The van der Waals surface area contributed by atoms with Gasteiger partial charge in [-0.05, 0) is 41.6 Å². The molecule has 0 aliphatic rings. The molecule has 2 aromatic rings. The summed E-state index contributed by atoms with van der Waals surface area (Å²) in [5.74, 6) is 0.0198. The second kappa shape index (κ2) is 6.07. The van der Waals surface area contributed by atoms with Crippen molar-refractivity contribution in [3.63, 3.8) is 0 Å². The minimum atomic E-state index is -0.228. The van der Waals surface area contributed by atoms with E-state index < -0.39 is 0 Å². The first-order valence-corrected chi connectivity index (χ1v) is 7.06. The molecule has 5 heteroatoms. The maximum Gasteiger partial charge on any atom is 0.287 e. The highest BCUT2D eigenvalue weighted by Gasteiger charge is 2.18. The smallest absolute Gasteiger partial charge is 0.287 e. The van der Waals surface area contributed by atoms with Crippen molar-refractivity contribution in [1.82, 2.24) is 5.32 Å². The topological polar surface area (TPSA) is 42.2 Å². The first kappa shape index (κ1) is 13.2. The predicted molar refractivity (Wildman–Crippen MR) is 73.2 cm³/mol. The van der Waals surface area contributed by atoms with Crippen molar-refractivity contribution in [3.05, 3.63) is 45.5 Å². The first-order chi connectivity index (χ1) is 8.70. The second-order valence-electron chi connectivity index (χ2n) is 3.93. The predicted octanol–water partition coefficient (Wildman–Crippen LogP) is 4.27. The van der Waals surface area contributed by atoms with E-state index in [9.17, 15) is 4.79 Å². The highest BCUT2D eigenvalue weighted by atomic mass is 35.5.